The zero-order valence-corrected chi connectivity index (χ0v) is 11.0. The maximum absolute atomic E-state index is 10.6. The van der Waals surface area contributed by atoms with E-state index in [1.165, 1.54) is 12.8 Å². The number of nitrogens with one attached hydrogen (secondary N) is 1. The van der Waals surface area contributed by atoms with Gasteiger partial charge in [-0.3, -0.25) is 15.0 Å². The van der Waals surface area contributed by atoms with Crippen LogP contribution in [0, 0.1) is 15.5 Å². The minimum absolute atomic E-state index is 0.168. The van der Waals surface area contributed by atoms with E-state index in [9.17, 15) is 10.1 Å². The Labute approximate surface area is 112 Å². The highest BCUT2D eigenvalue weighted by Gasteiger charge is 2.39. The number of benzene rings is 1. The molecule has 1 spiro atoms. The van der Waals surface area contributed by atoms with E-state index < -0.39 is 0 Å². The van der Waals surface area contributed by atoms with E-state index in [1.807, 2.05) is 12.1 Å². The van der Waals surface area contributed by atoms with E-state index in [0.717, 1.165) is 38.3 Å². The Morgan fingerprint density at radius 3 is 2.74 bits per heavy atom. The van der Waals surface area contributed by atoms with E-state index >= 15 is 0 Å². The van der Waals surface area contributed by atoms with Crippen molar-refractivity contribution in [1.29, 1.82) is 0 Å². The lowest BCUT2D eigenvalue weighted by atomic mass is 9.86. The number of hydrogen-bond donors (Lipinski definition) is 1. The molecule has 0 bridgehead atoms. The fraction of sp³-hybridized carbons (Fsp3) is 0.571. The molecule has 2 saturated heterocycles. The highest BCUT2D eigenvalue weighted by atomic mass is 16.6. The number of nitrogens with zero attached hydrogens (tertiary/aromatic N) is 2. The largest absolute Gasteiger partial charge is 0.316 e. The predicted molar refractivity (Wildman–Crippen MR) is 72.9 cm³/mol. The monoisotopic (exact) mass is 261 g/mol. The second-order valence-corrected chi connectivity index (χ2v) is 5.81. The van der Waals surface area contributed by atoms with Gasteiger partial charge in [-0.2, -0.15) is 0 Å². The maximum atomic E-state index is 10.6. The summed E-state index contributed by atoms with van der Waals surface area (Å²) in [7, 11) is 0. The molecule has 1 aromatic carbocycles. The van der Waals surface area contributed by atoms with Crippen LogP contribution in [-0.4, -0.2) is 36.0 Å². The summed E-state index contributed by atoms with van der Waals surface area (Å²) in [5.41, 5.74) is 1.82. The molecule has 1 atom stereocenters. The van der Waals surface area contributed by atoms with Crippen LogP contribution >= 0.6 is 0 Å². The molecule has 2 fully saturated rings. The predicted octanol–water partition coefficient (Wildman–Crippen LogP) is 1.78. The summed E-state index contributed by atoms with van der Waals surface area (Å²) in [5, 5.41) is 14.1. The van der Waals surface area contributed by atoms with Crippen LogP contribution in [0.3, 0.4) is 0 Å². The topological polar surface area (TPSA) is 58.4 Å². The second kappa shape index (κ2) is 4.90. The molecule has 3 rings (SSSR count). The third-order valence-electron chi connectivity index (χ3n) is 4.40. The van der Waals surface area contributed by atoms with Crippen LogP contribution in [0.15, 0.2) is 24.3 Å². The maximum Gasteiger partial charge on any atom is 0.269 e. The molecule has 1 N–H and O–H groups in total. The first-order valence-electron chi connectivity index (χ1n) is 6.83. The minimum Gasteiger partial charge on any atom is -0.316 e. The standard InChI is InChI=1S/C14H19N3O2/c18-17(19)13-3-1-12(2-4-13)9-16-8-6-14(11-16)5-7-15-10-14/h1-4,15H,5-11H2. The minimum atomic E-state index is -0.348. The quantitative estimate of drug-likeness (QED) is 0.665. The van der Waals surface area contributed by atoms with Crippen molar-refractivity contribution in [2.45, 2.75) is 19.4 Å². The lowest BCUT2D eigenvalue weighted by Gasteiger charge is -2.22. The van der Waals surface area contributed by atoms with Crippen LogP contribution in [0.25, 0.3) is 0 Å². The van der Waals surface area contributed by atoms with Gasteiger partial charge in [-0.15, -0.1) is 0 Å². The van der Waals surface area contributed by atoms with Gasteiger partial charge in [-0.25, -0.2) is 0 Å². The number of rotatable bonds is 3. The Balaban J connectivity index is 1.61. The van der Waals surface area contributed by atoms with Gasteiger partial charge in [-0.1, -0.05) is 12.1 Å². The third-order valence-corrected chi connectivity index (χ3v) is 4.40. The molecule has 0 aliphatic carbocycles. The number of nitro groups is 1. The SMILES string of the molecule is O=[N+]([O-])c1ccc(CN2CCC3(CCNC3)C2)cc1. The lowest BCUT2D eigenvalue weighted by molar-refractivity contribution is -0.384. The molecule has 1 aromatic rings. The number of likely N-dealkylation sites (tertiary alicyclic amines) is 1. The van der Waals surface area contributed by atoms with Gasteiger partial charge >= 0.3 is 0 Å². The molecule has 2 aliphatic heterocycles. The Hall–Kier alpha value is -1.46. The van der Waals surface area contributed by atoms with Crippen molar-refractivity contribution in [3.05, 3.63) is 39.9 Å². The van der Waals surface area contributed by atoms with Crippen LogP contribution in [-0.2, 0) is 6.54 Å². The molecule has 0 radical (unpaired) electrons. The average Bonchev–Trinajstić information content (AvgIpc) is 3.01. The van der Waals surface area contributed by atoms with Crippen molar-refractivity contribution < 1.29 is 4.92 Å². The Morgan fingerprint density at radius 1 is 1.32 bits per heavy atom. The summed E-state index contributed by atoms with van der Waals surface area (Å²) in [6, 6.07) is 6.93. The first-order valence-corrected chi connectivity index (χ1v) is 6.83. The zero-order valence-electron chi connectivity index (χ0n) is 11.0. The van der Waals surface area contributed by atoms with Gasteiger partial charge in [0.1, 0.15) is 0 Å². The average molecular weight is 261 g/mol. The molecule has 0 saturated carbocycles. The first kappa shape index (κ1) is 12.6. The van der Waals surface area contributed by atoms with E-state index in [1.54, 1.807) is 12.1 Å². The van der Waals surface area contributed by atoms with Crippen molar-refractivity contribution in [3.63, 3.8) is 0 Å². The highest BCUT2D eigenvalue weighted by Crippen LogP contribution is 2.36. The van der Waals surface area contributed by atoms with E-state index in [0.29, 0.717) is 5.41 Å². The molecule has 5 heteroatoms. The molecule has 0 aromatic heterocycles. The molecule has 0 amide bonds. The van der Waals surface area contributed by atoms with Crippen LogP contribution in [0.4, 0.5) is 5.69 Å². The molecule has 2 heterocycles. The molecule has 102 valence electrons. The van der Waals surface area contributed by atoms with E-state index in [4.69, 9.17) is 0 Å². The third kappa shape index (κ3) is 2.62. The summed E-state index contributed by atoms with van der Waals surface area (Å²) >= 11 is 0. The van der Waals surface area contributed by atoms with E-state index in [-0.39, 0.29) is 10.6 Å². The molecule has 1 unspecified atom stereocenters. The van der Waals surface area contributed by atoms with E-state index in [2.05, 4.69) is 10.2 Å². The van der Waals surface area contributed by atoms with Crippen LogP contribution < -0.4 is 5.32 Å². The van der Waals surface area contributed by atoms with Crippen molar-refractivity contribution in [2.24, 2.45) is 5.41 Å². The molecular formula is C14H19N3O2. The Morgan fingerprint density at radius 2 is 2.11 bits per heavy atom. The normalized spacial score (nSPS) is 27.2. The number of non-ortho nitro benzene ring substituents is 1. The summed E-state index contributed by atoms with van der Waals surface area (Å²) in [4.78, 5) is 12.7. The van der Waals surface area contributed by atoms with Gasteiger partial charge in [0, 0.05) is 31.8 Å². The number of nitro benzene ring substituents is 1. The highest BCUT2D eigenvalue weighted by molar-refractivity contribution is 5.32. The summed E-state index contributed by atoms with van der Waals surface area (Å²) < 4.78 is 0. The van der Waals surface area contributed by atoms with Crippen molar-refractivity contribution >= 4 is 5.69 Å². The summed E-state index contributed by atoms with van der Waals surface area (Å²) in [5.74, 6) is 0. The van der Waals surface area contributed by atoms with Crippen LogP contribution in [0.5, 0.6) is 0 Å². The summed E-state index contributed by atoms with van der Waals surface area (Å²) in [6.45, 7) is 5.48. The Bertz CT molecular complexity index is 466. The summed E-state index contributed by atoms with van der Waals surface area (Å²) in [6.07, 6.45) is 2.55. The van der Waals surface area contributed by atoms with Gasteiger partial charge in [0.2, 0.25) is 0 Å². The molecule has 5 nitrogen and oxygen atoms in total. The Kier molecular flexibility index (Phi) is 3.24. The van der Waals surface area contributed by atoms with Gasteiger partial charge < -0.3 is 5.32 Å². The molecule has 19 heavy (non-hydrogen) atoms. The fourth-order valence-corrected chi connectivity index (χ4v) is 3.29. The second-order valence-electron chi connectivity index (χ2n) is 5.81. The van der Waals surface area contributed by atoms with Gasteiger partial charge in [0.15, 0.2) is 0 Å². The smallest absolute Gasteiger partial charge is 0.269 e. The fourth-order valence-electron chi connectivity index (χ4n) is 3.29. The van der Waals surface area contributed by atoms with Crippen molar-refractivity contribution in [3.8, 4) is 0 Å². The lowest BCUT2D eigenvalue weighted by Crippen LogP contribution is -2.28. The number of hydrogen-bond acceptors (Lipinski definition) is 4. The van der Waals surface area contributed by atoms with Crippen LogP contribution in [0.1, 0.15) is 18.4 Å². The zero-order chi connectivity index (χ0) is 13.3. The van der Waals surface area contributed by atoms with Crippen molar-refractivity contribution in [2.75, 3.05) is 26.2 Å². The molecule has 2 aliphatic rings. The van der Waals surface area contributed by atoms with Crippen molar-refractivity contribution in [1.82, 2.24) is 10.2 Å². The van der Waals surface area contributed by atoms with Gasteiger partial charge in [0.05, 0.1) is 4.92 Å². The van der Waals surface area contributed by atoms with Gasteiger partial charge in [-0.05, 0) is 36.9 Å². The molecular weight excluding hydrogens is 242 g/mol. The first-order chi connectivity index (χ1) is 9.17. The van der Waals surface area contributed by atoms with Crippen LogP contribution in [0.2, 0.25) is 0 Å². The van der Waals surface area contributed by atoms with Gasteiger partial charge in [0.25, 0.3) is 5.69 Å².